The van der Waals surface area contributed by atoms with Crippen molar-refractivity contribution in [1.82, 2.24) is 14.9 Å². The Morgan fingerprint density at radius 3 is 2.56 bits per heavy atom. The average molecular weight is 382 g/mol. The zero-order valence-electron chi connectivity index (χ0n) is 14.5. The van der Waals surface area contributed by atoms with Crippen LogP contribution in [0, 0.1) is 18.8 Å². The van der Waals surface area contributed by atoms with E-state index < -0.39 is 0 Å². The second-order valence-corrected chi connectivity index (χ2v) is 6.84. The maximum Gasteiger partial charge on any atom is 0.221 e. The summed E-state index contributed by atoms with van der Waals surface area (Å²) in [7, 11) is 2.25. The highest BCUT2D eigenvalue weighted by molar-refractivity contribution is 5.85. The van der Waals surface area contributed by atoms with Crippen LogP contribution in [0.2, 0.25) is 0 Å². The molecule has 0 unspecified atom stereocenters. The number of nitrogens with two attached hydrogens (primary N) is 1. The normalized spacial score (nSPS) is 25.2. The molecule has 0 bridgehead atoms. The number of likely N-dealkylation sites (tertiary alicyclic amines) is 1. The number of aromatic nitrogens is 2. The molecule has 0 amide bonds. The molecule has 2 aliphatic heterocycles. The van der Waals surface area contributed by atoms with Crippen LogP contribution in [0.25, 0.3) is 0 Å². The van der Waals surface area contributed by atoms with Gasteiger partial charge in [0.15, 0.2) is 0 Å². The van der Waals surface area contributed by atoms with Gasteiger partial charge in [0, 0.05) is 37.8 Å². The van der Waals surface area contributed by atoms with Gasteiger partial charge in [-0.05, 0) is 37.1 Å². The smallest absolute Gasteiger partial charge is 0.221 e. The summed E-state index contributed by atoms with van der Waals surface area (Å²) in [6, 6.07) is 11.2. The van der Waals surface area contributed by atoms with Gasteiger partial charge in [0.05, 0.1) is 0 Å². The van der Waals surface area contributed by atoms with Crippen LogP contribution < -0.4 is 10.6 Å². The van der Waals surface area contributed by atoms with Gasteiger partial charge in [-0.15, -0.1) is 24.8 Å². The molecule has 3 atom stereocenters. The van der Waals surface area contributed by atoms with Gasteiger partial charge in [-0.2, -0.15) is 4.98 Å². The van der Waals surface area contributed by atoms with Crippen LogP contribution in [0.5, 0.6) is 0 Å². The molecule has 1 aromatic carbocycles. The molecule has 7 heteroatoms. The van der Waals surface area contributed by atoms with Crippen LogP contribution in [0.1, 0.15) is 17.2 Å². The van der Waals surface area contributed by atoms with Gasteiger partial charge in [-0.3, -0.25) is 4.90 Å². The van der Waals surface area contributed by atoms with Crippen LogP contribution in [-0.2, 0) is 0 Å². The molecule has 0 aliphatic carbocycles. The van der Waals surface area contributed by atoms with Crippen LogP contribution in [0.3, 0.4) is 0 Å². The van der Waals surface area contributed by atoms with E-state index in [2.05, 4.69) is 58.0 Å². The summed E-state index contributed by atoms with van der Waals surface area (Å²) in [5, 5.41) is 0. The zero-order chi connectivity index (χ0) is 16.0. The van der Waals surface area contributed by atoms with Crippen molar-refractivity contribution in [3.05, 3.63) is 47.7 Å². The lowest BCUT2D eigenvalue weighted by Crippen LogP contribution is -2.29. The Morgan fingerprint density at radius 2 is 1.84 bits per heavy atom. The van der Waals surface area contributed by atoms with Crippen molar-refractivity contribution < 1.29 is 0 Å². The number of fused-ring (bicyclic) bond motifs is 1. The van der Waals surface area contributed by atoms with Gasteiger partial charge >= 0.3 is 0 Å². The summed E-state index contributed by atoms with van der Waals surface area (Å²) in [4.78, 5) is 13.3. The molecule has 2 aromatic rings. The Hall–Kier alpha value is -1.56. The minimum atomic E-state index is 0. The van der Waals surface area contributed by atoms with E-state index in [1.54, 1.807) is 6.20 Å². The van der Waals surface area contributed by atoms with Gasteiger partial charge in [0.1, 0.15) is 5.82 Å². The molecule has 0 spiro atoms. The van der Waals surface area contributed by atoms with Crippen molar-refractivity contribution in [2.45, 2.75) is 13.0 Å². The first-order valence-electron chi connectivity index (χ1n) is 8.22. The van der Waals surface area contributed by atoms with Crippen molar-refractivity contribution in [2.75, 3.05) is 37.3 Å². The number of aryl methyl sites for hydroxylation is 1. The Kier molecular flexibility index (Phi) is 6.14. The van der Waals surface area contributed by atoms with Crippen LogP contribution in [0.15, 0.2) is 36.5 Å². The van der Waals surface area contributed by atoms with E-state index in [0.29, 0.717) is 23.8 Å². The summed E-state index contributed by atoms with van der Waals surface area (Å²) in [6.45, 7) is 5.44. The van der Waals surface area contributed by atoms with Crippen LogP contribution in [-0.4, -0.2) is 41.5 Å². The Labute approximate surface area is 161 Å². The number of halogens is 2. The van der Waals surface area contributed by atoms with Crippen molar-refractivity contribution in [3.63, 3.8) is 0 Å². The fourth-order valence-corrected chi connectivity index (χ4v) is 4.37. The monoisotopic (exact) mass is 381 g/mol. The van der Waals surface area contributed by atoms with E-state index in [4.69, 9.17) is 5.73 Å². The topological polar surface area (TPSA) is 58.3 Å². The van der Waals surface area contributed by atoms with Gasteiger partial charge in [-0.25, -0.2) is 4.98 Å². The number of nitrogen functional groups attached to an aromatic ring is 1. The molecule has 136 valence electrons. The van der Waals surface area contributed by atoms with E-state index >= 15 is 0 Å². The number of anilines is 2. The zero-order valence-corrected chi connectivity index (χ0v) is 16.1. The maximum absolute atomic E-state index is 5.75. The molecule has 1 aromatic heterocycles. The molecule has 2 aliphatic rings. The summed E-state index contributed by atoms with van der Waals surface area (Å²) < 4.78 is 0. The lowest BCUT2D eigenvalue weighted by atomic mass is 9.88. The summed E-state index contributed by atoms with van der Waals surface area (Å²) >= 11 is 0. The van der Waals surface area contributed by atoms with Crippen LogP contribution >= 0.6 is 24.8 Å². The summed E-state index contributed by atoms with van der Waals surface area (Å²) in [5.41, 5.74) is 8.59. The standard InChI is InChI=1S/C18H23N5.2ClH/c1-12-5-3-4-6-14(12)17-15-11-23(10-13(15)9-22(17)2)16-7-8-20-18(19)21-16;;/h3-8,13,15,17H,9-11H2,1-2H3,(H2,19,20,21);2*1H/t13-,15+,17-;;/m0../s1. The van der Waals surface area contributed by atoms with E-state index in [1.165, 1.54) is 11.1 Å². The highest BCUT2D eigenvalue weighted by Crippen LogP contribution is 2.45. The first-order chi connectivity index (χ1) is 11.1. The molecule has 0 radical (unpaired) electrons. The third-order valence-electron chi connectivity index (χ3n) is 5.39. The average Bonchev–Trinajstić information content (AvgIpc) is 3.05. The van der Waals surface area contributed by atoms with Crippen LogP contribution in [0.4, 0.5) is 11.8 Å². The number of benzene rings is 1. The number of nitrogens with zero attached hydrogens (tertiary/aromatic N) is 4. The van der Waals surface area contributed by atoms with Crippen molar-refractivity contribution in [1.29, 1.82) is 0 Å². The van der Waals surface area contributed by atoms with E-state index in [-0.39, 0.29) is 24.8 Å². The quantitative estimate of drug-likeness (QED) is 0.866. The third-order valence-corrected chi connectivity index (χ3v) is 5.39. The van der Waals surface area contributed by atoms with Crippen molar-refractivity contribution in [2.24, 2.45) is 11.8 Å². The summed E-state index contributed by atoms with van der Waals surface area (Å²) in [5.74, 6) is 2.63. The molecular weight excluding hydrogens is 357 g/mol. The van der Waals surface area contributed by atoms with E-state index in [1.807, 2.05) is 6.07 Å². The number of rotatable bonds is 2. The molecule has 25 heavy (non-hydrogen) atoms. The minimum Gasteiger partial charge on any atom is -0.368 e. The van der Waals surface area contributed by atoms with Gasteiger partial charge in [-0.1, -0.05) is 24.3 Å². The predicted molar refractivity (Wildman–Crippen MR) is 107 cm³/mol. The minimum absolute atomic E-state index is 0. The van der Waals surface area contributed by atoms with E-state index in [9.17, 15) is 0 Å². The largest absolute Gasteiger partial charge is 0.368 e. The molecule has 2 saturated heterocycles. The first kappa shape index (κ1) is 19.8. The lowest BCUT2D eigenvalue weighted by molar-refractivity contribution is 0.279. The van der Waals surface area contributed by atoms with Gasteiger partial charge in [0.25, 0.3) is 0 Å². The summed E-state index contributed by atoms with van der Waals surface area (Å²) in [6.07, 6.45) is 1.75. The first-order valence-corrected chi connectivity index (χ1v) is 8.22. The molecule has 0 saturated carbocycles. The third kappa shape index (κ3) is 3.54. The van der Waals surface area contributed by atoms with Crippen molar-refractivity contribution in [3.8, 4) is 0 Å². The molecule has 5 nitrogen and oxygen atoms in total. The lowest BCUT2D eigenvalue weighted by Gasteiger charge is -2.28. The maximum atomic E-state index is 5.75. The Bertz CT molecular complexity index is 726. The fourth-order valence-electron chi connectivity index (χ4n) is 4.37. The second-order valence-electron chi connectivity index (χ2n) is 6.84. The molecule has 2 N–H and O–H groups in total. The molecule has 3 heterocycles. The SMILES string of the molecule is Cc1ccccc1[C@H]1[C@@H]2CN(c3ccnc(N)n3)C[C@@H]2CN1C.Cl.Cl. The van der Waals surface area contributed by atoms with Crippen molar-refractivity contribution >= 4 is 36.6 Å². The van der Waals surface area contributed by atoms with E-state index in [0.717, 1.165) is 25.5 Å². The number of hydrogen-bond donors (Lipinski definition) is 1. The predicted octanol–water partition coefficient (Wildman–Crippen LogP) is 2.95. The number of hydrogen-bond acceptors (Lipinski definition) is 5. The molecule has 4 rings (SSSR count). The highest BCUT2D eigenvalue weighted by atomic mass is 35.5. The Morgan fingerprint density at radius 1 is 1.08 bits per heavy atom. The molecular formula is C18H25Cl2N5. The van der Waals surface area contributed by atoms with Gasteiger partial charge in [0.2, 0.25) is 5.95 Å². The molecule has 2 fully saturated rings. The highest BCUT2D eigenvalue weighted by Gasteiger charge is 2.46. The second kappa shape index (κ2) is 7.77. The fraction of sp³-hybridized carbons (Fsp3) is 0.444. The Balaban J connectivity index is 0.00000113. The van der Waals surface area contributed by atoms with Gasteiger partial charge < -0.3 is 10.6 Å².